The van der Waals surface area contributed by atoms with Crippen LogP contribution in [0.15, 0.2) is 17.1 Å². The summed E-state index contributed by atoms with van der Waals surface area (Å²) in [6, 6.07) is 1.20. The molecule has 8 heteroatoms. The summed E-state index contributed by atoms with van der Waals surface area (Å²) in [4.78, 5) is 30.5. The zero-order chi connectivity index (χ0) is 15.0. The summed E-state index contributed by atoms with van der Waals surface area (Å²) in [6.45, 7) is 0.186. The van der Waals surface area contributed by atoms with E-state index in [2.05, 4.69) is 20.4 Å². The van der Waals surface area contributed by atoms with Crippen molar-refractivity contribution < 1.29 is 4.79 Å². The Kier molecular flexibility index (Phi) is 3.50. The number of rotatable bonds is 4. The minimum absolute atomic E-state index is 0.118. The van der Waals surface area contributed by atoms with Crippen molar-refractivity contribution in [2.45, 2.75) is 25.3 Å². The van der Waals surface area contributed by atoms with Crippen LogP contribution >= 0.6 is 11.6 Å². The molecule has 2 aromatic rings. The van der Waals surface area contributed by atoms with E-state index in [-0.39, 0.29) is 23.7 Å². The van der Waals surface area contributed by atoms with Crippen molar-refractivity contribution in [3.05, 3.63) is 44.9 Å². The Labute approximate surface area is 125 Å². The fraction of sp³-hybridized carbons (Fsp3) is 0.385. The SMILES string of the molecule is Cn1cc(Cl)c(CNC(=O)c2cc(=O)[nH]c(C3CC3)n2)n1. The van der Waals surface area contributed by atoms with Crippen LogP contribution in [0.4, 0.5) is 0 Å². The summed E-state index contributed by atoms with van der Waals surface area (Å²) >= 11 is 5.97. The van der Waals surface area contributed by atoms with Crippen molar-refractivity contribution in [3.63, 3.8) is 0 Å². The van der Waals surface area contributed by atoms with Gasteiger partial charge in [-0.2, -0.15) is 5.10 Å². The quantitative estimate of drug-likeness (QED) is 0.880. The molecular weight excluding hydrogens is 294 g/mol. The summed E-state index contributed by atoms with van der Waals surface area (Å²) in [5, 5.41) is 7.28. The Hall–Kier alpha value is -2.15. The van der Waals surface area contributed by atoms with Gasteiger partial charge in [0.1, 0.15) is 17.2 Å². The molecule has 1 saturated carbocycles. The van der Waals surface area contributed by atoms with Crippen LogP contribution in [0.1, 0.15) is 40.8 Å². The maximum absolute atomic E-state index is 12.1. The first-order valence-corrected chi connectivity index (χ1v) is 6.98. The molecule has 1 aliphatic carbocycles. The van der Waals surface area contributed by atoms with Crippen LogP contribution in [-0.2, 0) is 13.6 Å². The van der Waals surface area contributed by atoms with E-state index in [1.165, 1.54) is 6.07 Å². The van der Waals surface area contributed by atoms with E-state index < -0.39 is 5.91 Å². The van der Waals surface area contributed by atoms with E-state index in [1.54, 1.807) is 17.9 Å². The van der Waals surface area contributed by atoms with Gasteiger partial charge in [-0.1, -0.05) is 11.6 Å². The monoisotopic (exact) mass is 307 g/mol. The van der Waals surface area contributed by atoms with Crippen LogP contribution in [0, 0.1) is 0 Å². The molecule has 0 aliphatic heterocycles. The molecule has 1 amide bonds. The first kappa shape index (κ1) is 13.8. The van der Waals surface area contributed by atoms with Gasteiger partial charge in [-0.3, -0.25) is 14.3 Å². The highest BCUT2D eigenvalue weighted by atomic mass is 35.5. The molecule has 1 aliphatic rings. The van der Waals surface area contributed by atoms with Crippen molar-refractivity contribution in [2.24, 2.45) is 7.05 Å². The fourth-order valence-electron chi connectivity index (χ4n) is 2.02. The van der Waals surface area contributed by atoms with Crippen molar-refractivity contribution in [1.29, 1.82) is 0 Å². The smallest absolute Gasteiger partial charge is 0.270 e. The third kappa shape index (κ3) is 3.13. The lowest BCUT2D eigenvalue weighted by Gasteiger charge is -2.04. The average molecular weight is 308 g/mol. The lowest BCUT2D eigenvalue weighted by Crippen LogP contribution is -2.27. The maximum Gasteiger partial charge on any atom is 0.270 e. The molecule has 1 fully saturated rings. The van der Waals surface area contributed by atoms with Crippen molar-refractivity contribution >= 4 is 17.5 Å². The van der Waals surface area contributed by atoms with Crippen LogP contribution in [0.25, 0.3) is 0 Å². The number of halogens is 1. The number of nitrogens with one attached hydrogen (secondary N) is 2. The lowest BCUT2D eigenvalue weighted by molar-refractivity contribution is 0.0944. The summed E-state index contributed by atoms with van der Waals surface area (Å²) in [7, 11) is 1.75. The van der Waals surface area contributed by atoms with Crippen LogP contribution < -0.4 is 10.9 Å². The van der Waals surface area contributed by atoms with E-state index in [0.717, 1.165) is 12.8 Å². The molecule has 0 atom stereocenters. The molecule has 21 heavy (non-hydrogen) atoms. The Morgan fingerprint density at radius 2 is 2.33 bits per heavy atom. The van der Waals surface area contributed by atoms with Crippen molar-refractivity contribution in [1.82, 2.24) is 25.1 Å². The van der Waals surface area contributed by atoms with Crippen molar-refractivity contribution in [3.8, 4) is 0 Å². The molecule has 0 saturated heterocycles. The first-order valence-electron chi connectivity index (χ1n) is 6.60. The van der Waals surface area contributed by atoms with Gasteiger partial charge in [0.25, 0.3) is 11.5 Å². The van der Waals surface area contributed by atoms with Crippen LogP contribution in [0.2, 0.25) is 5.02 Å². The van der Waals surface area contributed by atoms with Crippen LogP contribution in [-0.4, -0.2) is 25.7 Å². The number of hydrogen-bond donors (Lipinski definition) is 2. The molecule has 0 spiro atoms. The Balaban J connectivity index is 1.73. The van der Waals surface area contributed by atoms with Gasteiger partial charge in [-0.25, -0.2) is 4.98 Å². The second-order valence-corrected chi connectivity index (χ2v) is 5.48. The molecular formula is C13H14ClN5O2. The zero-order valence-electron chi connectivity index (χ0n) is 11.4. The maximum atomic E-state index is 12.1. The second kappa shape index (κ2) is 5.33. The van der Waals surface area contributed by atoms with Crippen molar-refractivity contribution in [2.75, 3.05) is 0 Å². The molecule has 0 radical (unpaired) electrons. The number of amides is 1. The van der Waals surface area contributed by atoms with Crippen LogP contribution in [0.3, 0.4) is 0 Å². The molecule has 2 aromatic heterocycles. The number of aromatic amines is 1. The number of aryl methyl sites for hydroxylation is 1. The second-order valence-electron chi connectivity index (χ2n) is 5.07. The Morgan fingerprint density at radius 3 is 2.95 bits per heavy atom. The first-order chi connectivity index (χ1) is 10.0. The molecule has 0 bridgehead atoms. The number of H-pyrrole nitrogens is 1. The van der Waals surface area contributed by atoms with E-state index in [0.29, 0.717) is 16.5 Å². The summed E-state index contributed by atoms with van der Waals surface area (Å²) < 4.78 is 1.57. The van der Waals surface area contributed by atoms with E-state index in [1.807, 2.05) is 0 Å². The van der Waals surface area contributed by atoms with Crippen LogP contribution in [0.5, 0.6) is 0 Å². The van der Waals surface area contributed by atoms with E-state index >= 15 is 0 Å². The zero-order valence-corrected chi connectivity index (χ0v) is 12.1. The van der Waals surface area contributed by atoms with Gasteiger partial charge in [0, 0.05) is 25.2 Å². The highest BCUT2D eigenvalue weighted by Crippen LogP contribution is 2.37. The van der Waals surface area contributed by atoms with Gasteiger partial charge in [0.2, 0.25) is 0 Å². The predicted molar refractivity (Wildman–Crippen MR) is 76.2 cm³/mol. The number of nitrogens with zero attached hydrogens (tertiary/aromatic N) is 3. The lowest BCUT2D eigenvalue weighted by atomic mass is 10.3. The minimum atomic E-state index is -0.412. The molecule has 0 unspecified atom stereocenters. The number of carbonyl (C=O) groups excluding carboxylic acids is 1. The predicted octanol–water partition coefficient (Wildman–Crippen LogP) is 0.964. The topological polar surface area (TPSA) is 92.7 Å². The Morgan fingerprint density at radius 1 is 1.57 bits per heavy atom. The molecule has 0 aromatic carbocycles. The van der Waals surface area contributed by atoms with Gasteiger partial charge >= 0.3 is 0 Å². The molecule has 3 rings (SSSR count). The largest absolute Gasteiger partial charge is 0.345 e. The van der Waals surface area contributed by atoms with E-state index in [9.17, 15) is 9.59 Å². The molecule has 2 N–H and O–H groups in total. The fourth-order valence-corrected chi connectivity index (χ4v) is 2.27. The van der Waals surface area contributed by atoms with Gasteiger partial charge in [-0.15, -0.1) is 0 Å². The third-order valence-corrected chi connectivity index (χ3v) is 3.54. The molecule has 110 valence electrons. The van der Waals surface area contributed by atoms with Gasteiger partial charge in [0.15, 0.2) is 0 Å². The average Bonchev–Trinajstić information content (AvgIpc) is 3.22. The minimum Gasteiger partial charge on any atom is -0.345 e. The van der Waals surface area contributed by atoms with Gasteiger partial charge in [0.05, 0.1) is 11.6 Å². The third-order valence-electron chi connectivity index (χ3n) is 3.23. The normalized spacial score (nSPS) is 14.2. The molecule has 2 heterocycles. The summed E-state index contributed by atoms with van der Waals surface area (Å²) in [5.74, 6) is 0.448. The van der Waals surface area contributed by atoms with Gasteiger partial charge < -0.3 is 10.3 Å². The number of aromatic nitrogens is 4. The summed E-state index contributed by atoms with van der Waals surface area (Å²) in [5.41, 5.74) is 0.375. The number of carbonyl (C=O) groups is 1. The Bertz CT molecular complexity index is 747. The molecule has 7 nitrogen and oxygen atoms in total. The standard InChI is InChI=1S/C13H14ClN5O2/c1-19-6-8(14)10(18-19)5-15-13(21)9-4-11(20)17-12(16-9)7-2-3-7/h4,6-7H,2-3,5H2,1H3,(H,15,21)(H,16,17,20). The van der Waals surface area contributed by atoms with Gasteiger partial charge in [-0.05, 0) is 12.8 Å². The highest BCUT2D eigenvalue weighted by Gasteiger charge is 2.27. The summed E-state index contributed by atoms with van der Waals surface area (Å²) in [6.07, 6.45) is 3.65. The number of hydrogen-bond acceptors (Lipinski definition) is 4. The van der Waals surface area contributed by atoms with E-state index in [4.69, 9.17) is 11.6 Å². The highest BCUT2D eigenvalue weighted by molar-refractivity contribution is 6.31.